The number of nitrogens with zero attached hydrogens (tertiary/aromatic N) is 2. The van der Waals surface area contributed by atoms with Gasteiger partial charge in [0.2, 0.25) is 0 Å². The van der Waals surface area contributed by atoms with Gasteiger partial charge in [-0.25, -0.2) is 4.39 Å². The first-order chi connectivity index (χ1) is 15.3. The predicted octanol–water partition coefficient (Wildman–Crippen LogP) is 6.44. The van der Waals surface area contributed by atoms with Crippen molar-refractivity contribution in [3.8, 4) is 5.69 Å². The molecule has 1 aliphatic rings. The number of benzene rings is 2. The summed E-state index contributed by atoms with van der Waals surface area (Å²) in [6, 6.07) is 9.62. The molecular weight excluding hydrogens is 405 g/mol. The van der Waals surface area contributed by atoms with Gasteiger partial charge in [0.15, 0.2) is 0 Å². The fourth-order valence-electron chi connectivity index (χ4n) is 5.44. The number of nitrogens with one attached hydrogen (secondary N) is 1. The van der Waals surface area contributed by atoms with Crippen molar-refractivity contribution in [2.75, 3.05) is 0 Å². The van der Waals surface area contributed by atoms with E-state index in [0.29, 0.717) is 24.3 Å². The van der Waals surface area contributed by atoms with E-state index in [0.717, 1.165) is 34.9 Å². The summed E-state index contributed by atoms with van der Waals surface area (Å²) in [7, 11) is 0. The number of H-pyrrole nitrogens is 1. The summed E-state index contributed by atoms with van der Waals surface area (Å²) in [5.74, 6) is -0.595. The third-order valence-corrected chi connectivity index (χ3v) is 7.04. The van der Waals surface area contributed by atoms with Crippen LogP contribution in [0.3, 0.4) is 0 Å². The van der Waals surface area contributed by atoms with E-state index in [1.807, 2.05) is 18.3 Å². The normalized spacial score (nSPS) is 19.3. The van der Waals surface area contributed by atoms with Crippen LogP contribution in [0.25, 0.3) is 27.5 Å². The molecule has 1 saturated carbocycles. The van der Waals surface area contributed by atoms with Crippen LogP contribution in [0.15, 0.2) is 36.5 Å². The number of hydrogen-bond donors (Lipinski definition) is 2. The molecule has 2 heterocycles. The van der Waals surface area contributed by atoms with Gasteiger partial charge in [0.05, 0.1) is 23.1 Å². The maximum absolute atomic E-state index is 14.1. The zero-order valence-electron chi connectivity index (χ0n) is 18.7. The van der Waals surface area contributed by atoms with E-state index >= 15 is 0 Å². The van der Waals surface area contributed by atoms with Gasteiger partial charge in [0, 0.05) is 22.2 Å². The van der Waals surface area contributed by atoms with Crippen LogP contribution in [-0.2, 0) is 4.79 Å². The Morgan fingerprint density at radius 3 is 2.59 bits per heavy atom. The van der Waals surface area contributed by atoms with Crippen molar-refractivity contribution in [3.63, 3.8) is 0 Å². The third kappa shape index (κ3) is 3.29. The quantitative estimate of drug-likeness (QED) is 0.389. The lowest BCUT2D eigenvalue weighted by Gasteiger charge is -2.28. The highest BCUT2D eigenvalue weighted by Gasteiger charge is 2.32. The Balaban J connectivity index is 1.78. The van der Waals surface area contributed by atoms with Gasteiger partial charge in [-0.1, -0.05) is 13.8 Å². The fraction of sp³-hybridized carbons (Fsp3) is 0.385. The van der Waals surface area contributed by atoms with Gasteiger partial charge >= 0.3 is 5.97 Å². The van der Waals surface area contributed by atoms with Crippen molar-refractivity contribution in [3.05, 3.63) is 59.2 Å². The fourth-order valence-corrected chi connectivity index (χ4v) is 5.44. The van der Waals surface area contributed by atoms with E-state index in [1.165, 1.54) is 22.7 Å². The van der Waals surface area contributed by atoms with Gasteiger partial charge in [-0.2, -0.15) is 5.10 Å². The Morgan fingerprint density at radius 1 is 1.19 bits per heavy atom. The van der Waals surface area contributed by atoms with Gasteiger partial charge < -0.3 is 9.67 Å². The number of carbonyl (C=O) groups is 1. The predicted molar refractivity (Wildman–Crippen MR) is 124 cm³/mol. The number of carboxylic acid groups (broad SMARTS) is 1. The number of halogens is 1. The molecule has 0 saturated heterocycles. The smallest absolute Gasteiger partial charge is 0.306 e. The van der Waals surface area contributed by atoms with Crippen molar-refractivity contribution < 1.29 is 14.3 Å². The second kappa shape index (κ2) is 7.76. The van der Waals surface area contributed by atoms with E-state index in [-0.39, 0.29) is 17.7 Å². The number of fused-ring (bicyclic) bond motifs is 2. The van der Waals surface area contributed by atoms with Crippen LogP contribution >= 0.6 is 0 Å². The summed E-state index contributed by atoms with van der Waals surface area (Å²) >= 11 is 0. The van der Waals surface area contributed by atoms with Crippen LogP contribution < -0.4 is 0 Å². The number of aliphatic carboxylic acids is 1. The van der Waals surface area contributed by atoms with Crippen LogP contribution in [0.5, 0.6) is 0 Å². The third-order valence-electron chi connectivity index (χ3n) is 7.04. The Labute approximate surface area is 186 Å². The lowest BCUT2D eigenvalue weighted by Crippen LogP contribution is -2.21. The molecule has 0 radical (unpaired) electrons. The maximum Gasteiger partial charge on any atom is 0.306 e. The minimum absolute atomic E-state index is 0.208. The molecule has 2 aromatic carbocycles. The zero-order chi connectivity index (χ0) is 22.6. The topological polar surface area (TPSA) is 70.9 Å². The molecule has 32 heavy (non-hydrogen) atoms. The Hall–Kier alpha value is -3.15. The second-order valence-electron chi connectivity index (χ2n) is 9.44. The largest absolute Gasteiger partial charge is 0.481 e. The first kappa shape index (κ1) is 20.7. The molecule has 0 aliphatic heterocycles. The monoisotopic (exact) mass is 433 g/mol. The van der Waals surface area contributed by atoms with Crippen molar-refractivity contribution in [1.82, 2.24) is 14.8 Å². The molecular formula is C26H28FN3O2. The van der Waals surface area contributed by atoms with Crippen molar-refractivity contribution in [2.45, 2.75) is 58.3 Å². The van der Waals surface area contributed by atoms with Crippen LogP contribution in [0.2, 0.25) is 0 Å². The average Bonchev–Trinajstić information content (AvgIpc) is 3.36. The maximum atomic E-state index is 14.1. The van der Waals surface area contributed by atoms with Crippen molar-refractivity contribution in [2.24, 2.45) is 5.92 Å². The van der Waals surface area contributed by atoms with E-state index in [2.05, 4.69) is 40.7 Å². The van der Waals surface area contributed by atoms with Crippen molar-refractivity contribution >= 4 is 27.8 Å². The molecule has 1 aliphatic carbocycles. The molecule has 5 rings (SSSR count). The van der Waals surface area contributed by atoms with Gasteiger partial charge in [0.1, 0.15) is 5.82 Å². The highest BCUT2D eigenvalue weighted by Crippen LogP contribution is 2.45. The number of aromatic amines is 1. The van der Waals surface area contributed by atoms with E-state index in [9.17, 15) is 14.3 Å². The summed E-state index contributed by atoms with van der Waals surface area (Å²) < 4.78 is 16.4. The number of rotatable bonds is 4. The number of aryl methyl sites for hydroxylation is 1. The molecule has 0 unspecified atom stereocenters. The zero-order valence-corrected chi connectivity index (χ0v) is 18.7. The molecule has 1 fully saturated rings. The average molecular weight is 434 g/mol. The van der Waals surface area contributed by atoms with E-state index in [1.54, 1.807) is 6.92 Å². The Kier molecular flexibility index (Phi) is 5.03. The molecule has 6 heteroatoms. The molecule has 5 nitrogen and oxygen atoms in total. The van der Waals surface area contributed by atoms with Gasteiger partial charge in [-0.05, 0) is 85.9 Å². The minimum atomic E-state index is -0.684. The first-order valence-electron chi connectivity index (χ1n) is 11.4. The van der Waals surface area contributed by atoms with Gasteiger partial charge in [0.25, 0.3) is 0 Å². The van der Waals surface area contributed by atoms with Crippen LogP contribution in [0, 0.1) is 18.7 Å². The SMILES string of the molecule is Cc1cc(-n2c(C(C)C)c(C3CCC(C(=O)O)CC3)c3cc4[nH]ncc4cc32)ccc1F. The highest BCUT2D eigenvalue weighted by atomic mass is 19.1. The van der Waals surface area contributed by atoms with Crippen LogP contribution in [0.4, 0.5) is 4.39 Å². The van der Waals surface area contributed by atoms with Crippen molar-refractivity contribution in [1.29, 1.82) is 0 Å². The Bertz CT molecular complexity index is 1330. The standard InChI is InChI=1S/C26H28FN3O2/c1-14(2)25-24(16-4-6-17(7-5-16)26(31)32)20-12-22-18(13-28-29-22)11-23(20)30(25)19-8-9-21(27)15(3)10-19/h8-14,16-17H,4-7H2,1-3H3,(H,28,29)(H,31,32). The molecule has 0 amide bonds. The number of carboxylic acids is 1. The Morgan fingerprint density at radius 2 is 1.94 bits per heavy atom. The molecule has 0 bridgehead atoms. The highest BCUT2D eigenvalue weighted by molar-refractivity contribution is 5.99. The summed E-state index contributed by atoms with van der Waals surface area (Å²) in [5, 5.41) is 19.0. The van der Waals surface area contributed by atoms with Crippen LogP contribution in [-0.4, -0.2) is 25.8 Å². The second-order valence-corrected chi connectivity index (χ2v) is 9.44. The summed E-state index contributed by atoms with van der Waals surface area (Å²) in [4.78, 5) is 11.5. The van der Waals surface area contributed by atoms with E-state index < -0.39 is 5.97 Å². The summed E-state index contributed by atoms with van der Waals surface area (Å²) in [5.41, 5.74) is 6.17. The molecule has 0 spiro atoms. The van der Waals surface area contributed by atoms with Gasteiger partial charge in [-0.15, -0.1) is 0 Å². The molecule has 166 valence electrons. The molecule has 4 aromatic rings. The van der Waals surface area contributed by atoms with E-state index in [4.69, 9.17) is 0 Å². The molecule has 2 N–H and O–H groups in total. The van der Waals surface area contributed by atoms with Gasteiger partial charge in [-0.3, -0.25) is 9.89 Å². The van der Waals surface area contributed by atoms with Crippen LogP contribution in [0.1, 0.15) is 68.2 Å². The lowest BCUT2D eigenvalue weighted by atomic mass is 9.77. The number of aromatic nitrogens is 3. The summed E-state index contributed by atoms with van der Waals surface area (Å²) in [6.45, 7) is 6.18. The first-order valence-corrected chi connectivity index (χ1v) is 11.4. The summed E-state index contributed by atoms with van der Waals surface area (Å²) in [6.07, 6.45) is 4.95. The minimum Gasteiger partial charge on any atom is -0.481 e. The molecule has 2 aromatic heterocycles. The molecule has 0 atom stereocenters. The lowest BCUT2D eigenvalue weighted by molar-refractivity contribution is -0.142. The number of hydrogen-bond acceptors (Lipinski definition) is 2.